The number of nitrogens with zero attached hydrogens (tertiary/aromatic N) is 5. The normalized spacial score (nSPS) is 22.6. The Hall–Kier alpha value is -1.76. The molecule has 3 rings (SSSR count). The van der Waals surface area contributed by atoms with Gasteiger partial charge in [-0.1, -0.05) is 0 Å². The van der Waals surface area contributed by atoms with Crippen LogP contribution in [0.25, 0.3) is 0 Å². The van der Waals surface area contributed by atoms with E-state index in [9.17, 15) is 4.39 Å². The maximum absolute atomic E-state index is 13.4. The van der Waals surface area contributed by atoms with E-state index in [2.05, 4.69) is 32.1 Å². The van der Waals surface area contributed by atoms with Gasteiger partial charge in [0, 0.05) is 49.8 Å². The van der Waals surface area contributed by atoms with Crippen molar-refractivity contribution in [1.82, 2.24) is 29.9 Å². The van der Waals surface area contributed by atoms with Gasteiger partial charge >= 0.3 is 0 Å². The van der Waals surface area contributed by atoms with E-state index in [0.717, 1.165) is 31.2 Å². The first-order valence-corrected chi connectivity index (χ1v) is 7.66. The van der Waals surface area contributed by atoms with Gasteiger partial charge in [-0.05, 0) is 20.8 Å². The highest BCUT2D eigenvalue weighted by Crippen LogP contribution is 2.32. The summed E-state index contributed by atoms with van der Waals surface area (Å²) in [5.74, 6) is 1.58. The number of rotatable bonds is 4. The first-order valence-electron chi connectivity index (χ1n) is 7.66. The van der Waals surface area contributed by atoms with Gasteiger partial charge in [0.05, 0.1) is 12.4 Å². The number of likely N-dealkylation sites (tertiary alicyclic amines) is 1. The lowest BCUT2D eigenvalue weighted by Crippen LogP contribution is -2.21. The molecule has 0 amide bonds. The lowest BCUT2D eigenvalue weighted by molar-refractivity contribution is 0.295. The largest absolute Gasteiger partial charge is 0.298 e. The fourth-order valence-electron chi connectivity index (χ4n) is 3.35. The lowest BCUT2D eigenvalue weighted by atomic mass is 9.97. The molecule has 0 unspecified atom stereocenters. The number of nitrogens with one attached hydrogen (secondary N) is 1. The molecule has 22 heavy (non-hydrogen) atoms. The van der Waals surface area contributed by atoms with E-state index in [1.165, 1.54) is 11.3 Å². The van der Waals surface area contributed by atoms with E-state index < -0.39 is 0 Å². The lowest BCUT2D eigenvalue weighted by Gasteiger charge is -2.15. The van der Waals surface area contributed by atoms with Crippen LogP contribution in [-0.2, 0) is 13.6 Å². The maximum atomic E-state index is 13.4. The average molecular weight is 306 g/mol. The highest BCUT2D eigenvalue weighted by molar-refractivity contribution is 5.24. The second kappa shape index (κ2) is 5.79. The predicted octanol–water partition coefficient (Wildman–Crippen LogP) is 1.65. The first-order chi connectivity index (χ1) is 10.5. The number of hydrogen-bond donors (Lipinski definition) is 1. The summed E-state index contributed by atoms with van der Waals surface area (Å²) in [5, 5.41) is 11.5. The van der Waals surface area contributed by atoms with Crippen molar-refractivity contribution in [2.24, 2.45) is 13.0 Å². The van der Waals surface area contributed by atoms with E-state index in [0.29, 0.717) is 5.82 Å². The molecule has 2 atom stereocenters. The summed E-state index contributed by atoms with van der Waals surface area (Å²) >= 11 is 0. The summed E-state index contributed by atoms with van der Waals surface area (Å²) in [6.07, 6.45) is 0. The average Bonchev–Trinajstić information content (AvgIpc) is 3.14. The van der Waals surface area contributed by atoms with Gasteiger partial charge in [-0.2, -0.15) is 10.2 Å². The second-order valence-corrected chi connectivity index (χ2v) is 6.26. The fourth-order valence-corrected chi connectivity index (χ4v) is 3.35. The van der Waals surface area contributed by atoms with E-state index in [-0.39, 0.29) is 18.5 Å². The van der Waals surface area contributed by atoms with Gasteiger partial charge in [-0.3, -0.25) is 19.1 Å². The molecule has 0 bridgehead atoms. The van der Waals surface area contributed by atoms with Crippen molar-refractivity contribution in [2.45, 2.75) is 33.2 Å². The molecule has 3 heterocycles. The molecule has 0 spiro atoms. The molecule has 1 aliphatic rings. The van der Waals surface area contributed by atoms with Crippen molar-refractivity contribution in [2.75, 3.05) is 19.8 Å². The minimum atomic E-state index is -0.327. The monoisotopic (exact) mass is 306 g/mol. The Kier molecular flexibility index (Phi) is 3.99. The van der Waals surface area contributed by atoms with Crippen LogP contribution in [0.15, 0.2) is 0 Å². The third-order valence-electron chi connectivity index (χ3n) is 4.72. The van der Waals surface area contributed by atoms with Crippen molar-refractivity contribution < 1.29 is 4.39 Å². The summed E-state index contributed by atoms with van der Waals surface area (Å²) in [6, 6.07) is 0. The molecular weight excluding hydrogens is 283 g/mol. The fraction of sp³-hybridized carbons (Fsp3) is 0.667. The smallest absolute Gasteiger partial charge is 0.147 e. The molecule has 2 aromatic heterocycles. The Balaban J connectivity index is 1.77. The molecule has 0 aromatic carbocycles. The highest BCUT2D eigenvalue weighted by atomic mass is 19.1. The molecule has 0 saturated carbocycles. The van der Waals surface area contributed by atoms with Crippen LogP contribution in [0.3, 0.4) is 0 Å². The van der Waals surface area contributed by atoms with Gasteiger partial charge in [0.1, 0.15) is 11.6 Å². The van der Waals surface area contributed by atoms with Crippen LogP contribution >= 0.6 is 0 Å². The Labute approximate surface area is 129 Å². The van der Waals surface area contributed by atoms with Crippen molar-refractivity contribution in [3.05, 3.63) is 28.6 Å². The molecule has 1 aliphatic heterocycles. The van der Waals surface area contributed by atoms with Gasteiger partial charge in [0.25, 0.3) is 0 Å². The summed E-state index contributed by atoms with van der Waals surface area (Å²) in [5.41, 5.74) is 3.47. The number of hydrogen-bond acceptors (Lipinski definition) is 4. The molecule has 1 N–H and O–H groups in total. The van der Waals surface area contributed by atoms with Crippen molar-refractivity contribution in [3.8, 4) is 0 Å². The number of aromatic amines is 1. The number of aryl methyl sites for hydroxylation is 3. The van der Waals surface area contributed by atoms with Crippen LogP contribution in [0, 0.1) is 26.7 Å². The summed E-state index contributed by atoms with van der Waals surface area (Å²) < 4.78 is 15.3. The summed E-state index contributed by atoms with van der Waals surface area (Å²) in [6.45, 7) is 7.99. The first kappa shape index (κ1) is 15.1. The van der Waals surface area contributed by atoms with Crippen LogP contribution in [0.1, 0.15) is 34.5 Å². The zero-order valence-corrected chi connectivity index (χ0v) is 13.6. The van der Waals surface area contributed by atoms with Gasteiger partial charge in [0.2, 0.25) is 0 Å². The predicted molar refractivity (Wildman–Crippen MR) is 81.3 cm³/mol. The Bertz CT molecular complexity index is 661. The molecule has 1 fully saturated rings. The molecule has 1 saturated heterocycles. The molecule has 2 aromatic rings. The van der Waals surface area contributed by atoms with Crippen LogP contribution in [0.2, 0.25) is 0 Å². The van der Waals surface area contributed by atoms with E-state index >= 15 is 0 Å². The quantitative estimate of drug-likeness (QED) is 0.933. The van der Waals surface area contributed by atoms with Gasteiger partial charge < -0.3 is 0 Å². The third-order valence-corrected chi connectivity index (χ3v) is 4.72. The highest BCUT2D eigenvalue weighted by Gasteiger charge is 2.36. The number of alkyl halides is 1. The molecular formula is C15H23FN6. The Morgan fingerprint density at radius 3 is 2.59 bits per heavy atom. The van der Waals surface area contributed by atoms with Crippen molar-refractivity contribution in [3.63, 3.8) is 0 Å². The topological polar surface area (TPSA) is 62.6 Å². The molecule has 6 nitrogen and oxygen atoms in total. The minimum absolute atomic E-state index is 0.0235. The Morgan fingerprint density at radius 2 is 2.05 bits per heavy atom. The zero-order chi connectivity index (χ0) is 15.9. The maximum Gasteiger partial charge on any atom is 0.147 e. The summed E-state index contributed by atoms with van der Waals surface area (Å²) in [7, 11) is 1.96. The van der Waals surface area contributed by atoms with Gasteiger partial charge in [-0.25, -0.2) is 4.98 Å². The van der Waals surface area contributed by atoms with Crippen LogP contribution in [-0.4, -0.2) is 49.6 Å². The van der Waals surface area contributed by atoms with E-state index in [4.69, 9.17) is 0 Å². The van der Waals surface area contributed by atoms with Crippen molar-refractivity contribution >= 4 is 0 Å². The third kappa shape index (κ3) is 2.65. The SMILES string of the molecule is Cc1n[nH]c([C@@H]2CN(Cc3c(C)nn(C)c3C)C[C@H]2CF)n1. The number of aromatic nitrogens is 5. The standard InChI is InChI=1S/C15H23FN6/c1-9-13(10(2)21(4)20-9)7-22-6-12(5-16)14(8-22)15-17-11(3)18-19-15/h12,14H,5-8H2,1-4H3,(H,17,18,19)/t12-,14-/m1/s1. The molecule has 0 aliphatic carbocycles. The number of H-pyrrole nitrogens is 1. The van der Waals surface area contributed by atoms with Gasteiger partial charge in [-0.15, -0.1) is 0 Å². The second-order valence-electron chi connectivity index (χ2n) is 6.26. The molecule has 0 radical (unpaired) electrons. The Morgan fingerprint density at radius 1 is 1.27 bits per heavy atom. The van der Waals surface area contributed by atoms with Crippen LogP contribution in [0.4, 0.5) is 4.39 Å². The zero-order valence-electron chi connectivity index (χ0n) is 13.6. The van der Waals surface area contributed by atoms with Crippen molar-refractivity contribution in [1.29, 1.82) is 0 Å². The van der Waals surface area contributed by atoms with Gasteiger partial charge in [0.15, 0.2) is 0 Å². The van der Waals surface area contributed by atoms with E-state index in [1.807, 2.05) is 25.6 Å². The molecule has 120 valence electrons. The molecule has 7 heteroatoms. The number of halogens is 1. The van der Waals surface area contributed by atoms with Crippen LogP contribution in [0.5, 0.6) is 0 Å². The van der Waals surface area contributed by atoms with E-state index in [1.54, 1.807) is 0 Å². The summed E-state index contributed by atoms with van der Waals surface area (Å²) in [4.78, 5) is 6.69. The van der Waals surface area contributed by atoms with Crippen LogP contribution < -0.4 is 0 Å². The minimum Gasteiger partial charge on any atom is -0.298 e.